The quantitative estimate of drug-likeness (QED) is 0.184. The maximum atomic E-state index is 13.7. The highest BCUT2D eigenvalue weighted by molar-refractivity contribution is 6.05. The highest BCUT2D eigenvalue weighted by atomic mass is 16.5. The Morgan fingerprint density at radius 1 is 0.794 bits per heavy atom. The largest absolute Gasteiger partial charge is 0.457 e. The lowest BCUT2D eigenvalue weighted by Gasteiger charge is -2.40. The van der Waals surface area contributed by atoms with Crippen LogP contribution in [-0.4, -0.2) is 128 Å². The summed E-state index contributed by atoms with van der Waals surface area (Å²) in [6.07, 6.45) is 7.00. The fourth-order valence-corrected chi connectivity index (χ4v) is 10.0. The van der Waals surface area contributed by atoms with Crippen molar-refractivity contribution in [2.45, 2.75) is 63.6 Å². The summed E-state index contributed by atoms with van der Waals surface area (Å²) in [5.41, 5.74) is 11.5. The molecule has 5 aliphatic heterocycles. The second-order valence-corrected chi connectivity index (χ2v) is 17.5. The molecule has 1 atom stereocenters. The van der Waals surface area contributed by atoms with Crippen molar-refractivity contribution >= 4 is 46.3 Å². The topological polar surface area (TPSA) is 175 Å². The highest BCUT2D eigenvalue weighted by Gasteiger charge is 2.39. The number of para-hydroxylation sites is 1. The van der Waals surface area contributed by atoms with Crippen LogP contribution in [0.5, 0.6) is 11.5 Å². The van der Waals surface area contributed by atoms with Crippen LogP contribution in [0.25, 0.3) is 22.3 Å². The van der Waals surface area contributed by atoms with E-state index in [1.807, 2.05) is 81.2 Å². The van der Waals surface area contributed by atoms with Gasteiger partial charge in [0.05, 0.1) is 11.4 Å². The highest BCUT2D eigenvalue weighted by Crippen LogP contribution is 2.36. The number of aromatic nitrogens is 4. The monoisotopic (exact) mass is 851 g/mol. The van der Waals surface area contributed by atoms with Gasteiger partial charge in [-0.3, -0.25) is 24.6 Å². The lowest BCUT2D eigenvalue weighted by Crippen LogP contribution is -2.54. The summed E-state index contributed by atoms with van der Waals surface area (Å²) in [6, 6.07) is 23.1. The Hall–Kier alpha value is -6.55. The summed E-state index contributed by atoms with van der Waals surface area (Å²) >= 11 is 0. The van der Waals surface area contributed by atoms with Gasteiger partial charge in [0.1, 0.15) is 35.4 Å². The molecular weight excluding hydrogens is 799 g/mol. The van der Waals surface area contributed by atoms with Crippen LogP contribution >= 0.6 is 0 Å². The zero-order valence-corrected chi connectivity index (χ0v) is 35.4. The Morgan fingerprint density at radius 2 is 1.52 bits per heavy atom. The second-order valence-electron chi connectivity index (χ2n) is 17.5. The van der Waals surface area contributed by atoms with Gasteiger partial charge in [-0.05, 0) is 111 Å². The third-order valence-corrected chi connectivity index (χ3v) is 13.7. The van der Waals surface area contributed by atoms with E-state index in [-0.39, 0.29) is 36.2 Å². The van der Waals surface area contributed by atoms with Crippen molar-refractivity contribution < 1.29 is 23.9 Å². The van der Waals surface area contributed by atoms with Gasteiger partial charge < -0.3 is 30.1 Å². The van der Waals surface area contributed by atoms with E-state index in [1.165, 1.54) is 6.33 Å². The van der Waals surface area contributed by atoms with E-state index in [1.54, 1.807) is 4.90 Å². The minimum atomic E-state index is -0.602. The SMILES string of the molecule is Nc1ncnc2c1c(-c1ccc(Oc3ccccc3)cc1)nn2C1CCN(C(=O)N2CCN(CCC3CCN(c4ccc5c(c4)CN(C4CCC(=O)NC4=O)C5=O)CC3)CC2)CC1. The number of carbonyl (C=O) groups excluding carboxylic acids is 4. The minimum Gasteiger partial charge on any atom is -0.457 e. The van der Waals surface area contributed by atoms with E-state index < -0.39 is 6.04 Å². The van der Waals surface area contributed by atoms with Gasteiger partial charge in [0, 0.05) is 82.1 Å². The minimum absolute atomic E-state index is 0.0703. The number of benzene rings is 3. The van der Waals surface area contributed by atoms with Crippen LogP contribution in [0.4, 0.5) is 16.3 Å². The number of nitrogens with two attached hydrogens (primary N) is 1. The summed E-state index contributed by atoms with van der Waals surface area (Å²) in [7, 11) is 0. The standard InChI is InChI=1S/C47H53N11O5/c48-43-41-42(32-6-9-37(10-7-32)63-36-4-2-1-3-5-36)52-58(44(41)50-30-49-43)34-17-22-55(23-18-34)47(62)56-26-24-53(25-27-56)19-14-31-15-20-54(21-16-31)35-8-11-38-33(28-35)29-57(46(38)61)39-12-13-40(59)51-45(39)60/h1-11,28,30-31,34,39H,12-27,29H2,(H2,48,49,50)(H,51,59,60). The smallest absolute Gasteiger partial charge is 0.320 e. The molecule has 10 rings (SSSR count). The molecule has 0 aliphatic carbocycles. The predicted octanol–water partition coefficient (Wildman–Crippen LogP) is 5.31. The summed E-state index contributed by atoms with van der Waals surface area (Å²) in [5, 5.41) is 8.18. The molecule has 5 aromatic rings. The molecule has 1 unspecified atom stereocenters. The number of imide groups is 1. The van der Waals surface area contributed by atoms with Crippen molar-refractivity contribution in [1.29, 1.82) is 0 Å². The number of urea groups is 1. The Balaban J connectivity index is 0.675. The molecule has 0 bridgehead atoms. The Morgan fingerprint density at radius 3 is 2.27 bits per heavy atom. The fraction of sp³-hybridized carbons (Fsp3) is 0.426. The number of nitrogens with one attached hydrogen (secondary N) is 1. The van der Waals surface area contributed by atoms with Gasteiger partial charge in [-0.2, -0.15) is 5.10 Å². The lowest BCUT2D eigenvalue weighted by molar-refractivity contribution is -0.136. The molecule has 326 valence electrons. The number of nitrogens with zero attached hydrogens (tertiary/aromatic N) is 9. The molecule has 3 aromatic carbocycles. The summed E-state index contributed by atoms with van der Waals surface area (Å²) in [4.78, 5) is 70.5. The Labute approximate surface area is 366 Å². The van der Waals surface area contributed by atoms with Gasteiger partial charge in [0.25, 0.3) is 5.91 Å². The summed E-state index contributed by atoms with van der Waals surface area (Å²) in [6.45, 7) is 7.89. The van der Waals surface area contributed by atoms with Gasteiger partial charge >= 0.3 is 6.03 Å². The van der Waals surface area contributed by atoms with E-state index in [0.29, 0.717) is 49.0 Å². The number of rotatable bonds is 9. The molecule has 3 N–H and O–H groups in total. The zero-order valence-electron chi connectivity index (χ0n) is 35.4. The average Bonchev–Trinajstić information content (AvgIpc) is 3.87. The molecule has 4 saturated heterocycles. The number of piperidine rings is 3. The predicted molar refractivity (Wildman–Crippen MR) is 237 cm³/mol. The third kappa shape index (κ3) is 8.26. The maximum Gasteiger partial charge on any atom is 0.320 e. The summed E-state index contributed by atoms with van der Waals surface area (Å²) < 4.78 is 7.99. The van der Waals surface area contributed by atoms with Crippen LogP contribution < -0.4 is 20.7 Å². The number of piperazine rings is 1. The van der Waals surface area contributed by atoms with Crippen molar-refractivity contribution in [2.75, 3.05) is 69.5 Å². The van der Waals surface area contributed by atoms with Crippen LogP contribution in [0.2, 0.25) is 0 Å². The Kier molecular flexibility index (Phi) is 11.1. The molecule has 0 spiro atoms. The first-order valence-corrected chi connectivity index (χ1v) is 22.4. The average molecular weight is 852 g/mol. The lowest BCUT2D eigenvalue weighted by atomic mass is 9.92. The van der Waals surface area contributed by atoms with Crippen LogP contribution in [0.15, 0.2) is 79.1 Å². The first-order chi connectivity index (χ1) is 30.8. The van der Waals surface area contributed by atoms with Gasteiger partial charge in [-0.25, -0.2) is 19.4 Å². The fourth-order valence-electron chi connectivity index (χ4n) is 10.0. The second kappa shape index (κ2) is 17.3. The number of hydrogen-bond acceptors (Lipinski definition) is 11. The van der Waals surface area contributed by atoms with Crippen LogP contribution in [-0.2, 0) is 16.1 Å². The third-order valence-electron chi connectivity index (χ3n) is 13.7. The number of likely N-dealkylation sites (tertiary alicyclic amines) is 1. The molecule has 63 heavy (non-hydrogen) atoms. The van der Waals surface area contributed by atoms with Crippen molar-refractivity contribution in [3.05, 3.63) is 90.3 Å². The zero-order chi connectivity index (χ0) is 43.0. The van der Waals surface area contributed by atoms with Gasteiger partial charge in [-0.1, -0.05) is 18.2 Å². The van der Waals surface area contributed by atoms with Gasteiger partial charge in [-0.15, -0.1) is 0 Å². The van der Waals surface area contributed by atoms with E-state index >= 15 is 0 Å². The van der Waals surface area contributed by atoms with Gasteiger partial charge in [0.15, 0.2) is 5.65 Å². The first kappa shape index (κ1) is 40.5. The molecule has 2 aromatic heterocycles. The molecule has 16 heteroatoms. The normalized spacial score (nSPS) is 20.4. The number of amides is 5. The molecule has 16 nitrogen and oxygen atoms in total. The number of carbonyl (C=O) groups is 4. The van der Waals surface area contributed by atoms with Crippen molar-refractivity contribution in [3.8, 4) is 22.8 Å². The van der Waals surface area contributed by atoms with Crippen molar-refractivity contribution in [3.63, 3.8) is 0 Å². The van der Waals surface area contributed by atoms with Crippen molar-refractivity contribution in [1.82, 2.24) is 44.7 Å². The van der Waals surface area contributed by atoms with E-state index in [9.17, 15) is 19.2 Å². The Bertz CT molecular complexity index is 2510. The first-order valence-electron chi connectivity index (χ1n) is 22.4. The number of fused-ring (bicyclic) bond motifs is 2. The molecule has 5 amide bonds. The van der Waals surface area contributed by atoms with Crippen LogP contribution in [0.3, 0.4) is 0 Å². The van der Waals surface area contributed by atoms with E-state index in [2.05, 4.69) is 31.2 Å². The van der Waals surface area contributed by atoms with E-state index in [4.69, 9.17) is 15.6 Å². The number of nitrogen functional groups attached to an aromatic ring is 1. The number of hydrogen-bond donors (Lipinski definition) is 2. The van der Waals surface area contributed by atoms with E-state index in [0.717, 1.165) is 117 Å². The molecular formula is C47H53N11O5. The molecule has 5 aliphatic rings. The molecule has 4 fully saturated rings. The van der Waals surface area contributed by atoms with Crippen molar-refractivity contribution in [2.24, 2.45) is 5.92 Å². The molecule has 7 heterocycles. The number of ether oxygens (including phenoxy) is 1. The van der Waals surface area contributed by atoms with Crippen LogP contribution in [0.1, 0.15) is 66.9 Å². The number of anilines is 2. The van der Waals surface area contributed by atoms with Gasteiger partial charge in [0.2, 0.25) is 11.8 Å². The molecule has 0 radical (unpaired) electrons. The summed E-state index contributed by atoms with van der Waals surface area (Å²) in [5.74, 6) is 1.73. The van der Waals surface area contributed by atoms with Crippen LogP contribution in [0, 0.1) is 5.92 Å². The maximum absolute atomic E-state index is 13.7. The molecule has 0 saturated carbocycles.